The summed E-state index contributed by atoms with van der Waals surface area (Å²) in [6, 6.07) is 8.47. The van der Waals surface area contributed by atoms with Gasteiger partial charge in [-0.3, -0.25) is 0 Å². The molecule has 14 heavy (non-hydrogen) atoms. The van der Waals surface area contributed by atoms with Crippen LogP contribution in [0.4, 0.5) is 0 Å². The fourth-order valence-corrected chi connectivity index (χ4v) is 2.35. The number of aromatic amines is 1. The molecule has 0 atom stereocenters. The third-order valence-corrected chi connectivity index (χ3v) is 3.38. The predicted molar refractivity (Wildman–Crippen MR) is 58.0 cm³/mol. The van der Waals surface area contributed by atoms with Gasteiger partial charge in [-0.2, -0.15) is 0 Å². The fraction of sp³-hybridized carbons (Fsp3) is 0.333. The van der Waals surface area contributed by atoms with Gasteiger partial charge in [-0.15, -0.1) is 0 Å². The van der Waals surface area contributed by atoms with Crippen molar-refractivity contribution in [1.29, 1.82) is 0 Å². The van der Waals surface area contributed by atoms with E-state index in [0.29, 0.717) is 0 Å². The molecule has 1 aliphatic carbocycles. The van der Waals surface area contributed by atoms with Crippen molar-refractivity contribution in [3.05, 3.63) is 36.0 Å². The maximum Gasteiger partial charge on any atom is 0.0457 e. The van der Waals surface area contributed by atoms with Gasteiger partial charge in [0.2, 0.25) is 0 Å². The highest BCUT2D eigenvalue weighted by Gasteiger charge is 2.35. The molecule has 0 radical (unpaired) electrons. The van der Waals surface area contributed by atoms with Gasteiger partial charge in [0.15, 0.2) is 0 Å². The lowest BCUT2D eigenvalue weighted by Crippen LogP contribution is -2.43. The Morgan fingerprint density at radius 1 is 1.21 bits per heavy atom. The summed E-state index contributed by atoms with van der Waals surface area (Å²) < 4.78 is 0. The lowest BCUT2D eigenvalue weighted by molar-refractivity contribution is 0.256. The Hall–Kier alpha value is -1.28. The Labute approximate surface area is 83.1 Å². The zero-order valence-electron chi connectivity index (χ0n) is 8.09. The third-order valence-electron chi connectivity index (χ3n) is 3.38. The van der Waals surface area contributed by atoms with Crippen LogP contribution < -0.4 is 5.73 Å². The maximum atomic E-state index is 6.34. The first-order valence-corrected chi connectivity index (χ1v) is 5.15. The van der Waals surface area contributed by atoms with Crippen LogP contribution in [0.3, 0.4) is 0 Å². The molecular formula is C12H14N2. The van der Waals surface area contributed by atoms with E-state index in [-0.39, 0.29) is 5.54 Å². The second-order valence-corrected chi connectivity index (χ2v) is 4.25. The number of benzene rings is 1. The summed E-state index contributed by atoms with van der Waals surface area (Å²) in [5.74, 6) is 0. The van der Waals surface area contributed by atoms with Gasteiger partial charge in [-0.05, 0) is 37.0 Å². The Morgan fingerprint density at radius 2 is 2.07 bits per heavy atom. The molecule has 0 amide bonds. The molecule has 72 valence electrons. The van der Waals surface area contributed by atoms with Crippen LogP contribution in [0.25, 0.3) is 10.9 Å². The van der Waals surface area contributed by atoms with Crippen LogP contribution in [0, 0.1) is 0 Å². The van der Waals surface area contributed by atoms with Gasteiger partial charge in [0.1, 0.15) is 0 Å². The second-order valence-electron chi connectivity index (χ2n) is 4.25. The van der Waals surface area contributed by atoms with E-state index >= 15 is 0 Å². The number of H-pyrrole nitrogens is 1. The number of hydrogen-bond donors (Lipinski definition) is 2. The predicted octanol–water partition coefficient (Wildman–Crippen LogP) is 2.51. The van der Waals surface area contributed by atoms with Crippen molar-refractivity contribution in [3.63, 3.8) is 0 Å². The minimum Gasteiger partial charge on any atom is -0.361 e. The first kappa shape index (κ1) is 8.06. The van der Waals surface area contributed by atoms with Crippen molar-refractivity contribution in [1.82, 2.24) is 4.98 Å². The highest BCUT2D eigenvalue weighted by Crippen LogP contribution is 2.41. The van der Waals surface area contributed by atoms with Crippen LogP contribution in [0.15, 0.2) is 30.5 Å². The number of rotatable bonds is 1. The summed E-state index contributed by atoms with van der Waals surface area (Å²) in [6.07, 6.45) is 5.49. The van der Waals surface area contributed by atoms with Crippen molar-refractivity contribution in [3.8, 4) is 0 Å². The molecule has 0 bridgehead atoms. The zero-order valence-corrected chi connectivity index (χ0v) is 8.09. The minimum absolute atomic E-state index is 0.0539. The lowest BCUT2D eigenvalue weighted by Gasteiger charge is -2.39. The standard InChI is InChI=1S/C12H14N2/c13-12(6-2-7-12)10-3-1-4-11-9(10)5-8-14-11/h1,3-5,8,14H,2,6-7,13H2. The molecule has 3 N–H and O–H groups in total. The van der Waals surface area contributed by atoms with Crippen LogP contribution >= 0.6 is 0 Å². The first-order chi connectivity index (χ1) is 6.80. The molecule has 0 unspecified atom stereocenters. The van der Waals surface area contributed by atoms with Gasteiger partial charge in [-0.25, -0.2) is 0 Å². The molecule has 2 nitrogen and oxygen atoms in total. The summed E-state index contributed by atoms with van der Waals surface area (Å²) in [5.41, 5.74) is 8.78. The summed E-state index contributed by atoms with van der Waals surface area (Å²) in [6.45, 7) is 0. The molecule has 1 heterocycles. The van der Waals surface area contributed by atoms with Crippen molar-refractivity contribution >= 4 is 10.9 Å². The molecule has 1 aromatic heterocycles. The Kier molecular flexibility index (Phi) is 1.50. The molecular weight excluding hydrogens is 172 g/mol. The van der Waals surface area contributed by atoms with E-state index in [0.717, 1.165) is 12.8 Å². The smallest absolute Gasteiger partial charge is 0.0457 e. The molecule has 1 saturated carbocycles. The highest BCUT2D eigenvalue weighted by molar-refractivity contribution is 5.84. The average Bonchev–Trinajstić information content (AvgIpc) is 2.61. The monoisotopic (exact) mass is 186 g/mol. The fourth-order valence-electron chi connectivity index (χ4n) is 2.35. The third kappa shape index (κ3) is 0.946. The molecule has 2 aromatic rings. The van der Waals surface area contributed by atoms with Gasteiger partial charge in [-0.1, -0.05) is 12.1 Å². The summed E-state index contributed by atoms with van der Waals surface area (Å²) in [7, 11) is 0. The van der Waals surface area contributed by atoms with Gasteiger partial charge < -0.3 is 10.7 Å². The second kappa shape index (κ2) is 2.61. The van der Waals surface area contributed by atoms with E-state index in [1.54, 1.807) is 0 Å². The molecule has 0 saturated heterocycles. The highest BCUT2D eigenvalue weighted by atomic mass is 14.8. The van der Waals surface area contributed by atoms with E-state index in [1.165, 1.54) is 22.9 Å². The van der Waals surface area contributed by atoms with Crippen LogP contribution in [0.2, 0.25) is 0 Å². The SMILES string of the molecule is NC1(c2cccc3[nH]ccc23)CCC1. The topological polar surface area (TPSA) is 41.8 Å². The number of nitrogens with two attached hydrogens (primary N) is 1. The van der Waals surface area contributed by atoms with Crippen molar-refractivity contribution in [2.75, 3.05) is 0 Å². The van der Waals surface area contributed by atoms with Crippen LogP contribution in [0.5, 0.6) is 0 Å². The van der Waals surface area contributed by atoms with E-state index in [4.69, 9.17) is 5.73 Å². The molecule has 3 rings (SSSR count). The van der Waals surface area contributed by atoms with Gasteiger partial charge in [0, 0.05) is 22.6 Å². The number of fused-ring (bicyclic) bond motifs is 1. The molecule has 2 heteroatoms. The van der Waals surface area contributed by atoms with Gasteiger partial charge in [0.25, 0.3) is 0 Å². The summed E-state index contributed by atoms with van der Waals surface area (Å²) in [4.78, 5) is 3.22. The van der Waals surface area contributed by atoms with Crippen LogP contribution in [-0.4, -0.2) is 4.98 Å². The van der Waals surface area contributed by atoms with Crippen LogP contribution in [0.1, 0.15) is 24.8 Å². The molecule has 0 aliphatic heterocycles. The van der Waals surface area contributed by atoms with Crippen LogP contribution in [-0.2, 0) is 5.54 Å². The van der Waals surface area contributed by atoms with Crippen molar-refractivity contribution in [2.45, 2.75) is 24.8 Å². The molecule has 1 aromatic carbocycles. The van der Waals surface area contributed by atoms with E-state index in [9.17, 15) is 0 Å². The first-order valence-electron chi connectivity index (χ1n) is 5.15. The zero-order chi connectivity index (χ0) is 9.60. The normalized spacial score (nSPS) is 19.5. The molecule has 1 fully saturated rings. The van der Waals surface area contributed by atoms with Crippen molar-refractivity contribution < 1.29 is 0 Å². The number of nitrogens with one attached hydrogen (secondary N) is 1. The largest absolute Gasteiger partial charge is 0.361 e. The summed E-state index contributed by atoms with van der Waals surface area (Å²) >= 11 is 0. The van der Waals surface area contributed by atoms with E-state index < -0.39 is 0 Å². The Balaban J connectivity index is 2.24. The molecule has 1 aliphatic rings. The number of hydrogen-bond acceptors (Lipinski definition) is 1. The number of aromatic nitrogens is 1. The van der Waals surface area contributed by atoms with Gasteiger partial charge >= 0.3 is 0 Å². The van der Waals surface area contributed by atoms with Crippen molar-refractivity contribution in [2.24, 2.45) is 5.73 Å². The molecule has 0 spiro atoms. The van der Waals surface area contributed by atoms with Gasteiger partial charge in [0.05, 0.1) is 0 Å². The lowest BCUT2D eigenvalue weighted by atomic mass is 9.72. The summed E-state index contributed by atoms with van der Waals surface area (Å²) in [5, 5.41) is 1.29. The maximum absolute atomic E-state index is 6.34. The Morgan fingerprint density at radius 3 is 2.79 bits per heavy atom. The average molecular weight is 186 g/mol. The quantitative estimate of drug-likeness (QED) is 0.706. The van der Waals surface area contributed by atoms with E-state index in [1.807, 2.05) is 6.20 Å². The minimum atomic E-state index is -0.0539. The Bertz CT molecular complexity index is 466. The van der Waals surface area contributed by atoms with E-state index in [2.05, 4.69) is 29.2 Å².